The first-order chi connectivity index (χ1) is 12.6. The molecule has 0 heterocycles. The predicted molar refractivity (Wildman–Crippen MR) is 94.3 cm³/mol. The van der Waals surface area contributed by atoms with E-state index >= 15 is 0 Å². The standard InChI is InChI=1S/C20H20F3NO3/c1-12-8-9-14(10-13(12)2)11-17(19(26)27-3)24-18(25)15-6-4-5-7-16(15)20(21,22)23/h4-10,17H,11H2,1-3H3,(H,24,25)/t17-/m1/s1. The highest BCUT2D eigenvalue weighted by molar-refractivity contribution is 5.98. The van der Waals surface area contributed by atoms with Gasteiger partial charge in [0.05, 0.1) is 18.2 Å². The number of benzene rings is 2. The molecule has 0 aliphatic heterocycles. The van der Waals surface area contributed by atoms with Crippen molar-refractivity contribution >= 4 is 11.9 Å². The lowest BCUT2D eigenvalue weighted by Gasteiger charge is -2.19. The Morgan fingerprint density at radius 1 is 1.07 bits per heavy atom. The van der Waals surface area contributed by atoms with Gasteiger partial charge in [-0.1, -0.05) is 30.3 Å². The van der Waals surface area contributed by atoms with Gasteiger partial charge in [-0.15, -0.1) is 0 Å². The highest BCUT2D eigenvalue weighted by Crippen LogP contribution is 2.31. The molecule has 0 aromatic heterocycles. The van der Waals surface area contributed by atoms with E-state index in [1.54, 1.807) is 6.07 Å². The van der Waals surface area contributed by atoms with Crippen molar-refractivity contribution in [2.45, 2.75) is 32.5 Å². The third kappa shape index (κ3) is 5.09. The van der Waals surface area contributed by atoms with Gasteiger partial charge in [-0.05, 0) is 42.7 Å². The molecule has 0 saturated carbocycles. The molecule has 1 N–H and O–H groups in total. The highest BCUT2D eigenvalue weighted by atomic mass is 19.4. The summed E-state index contributed by atoms with van der Waals surface area (Å²) in [5, 5.41) is 2.37. The number of carbonyl (C=O) groups excluding carboxylic acids is 2. The van der Waals surface area contributed by atoms with Crippen molar-refractivity contribution in [1.82, 2.24) is 5.32 Å². The summed E-state index contributed by atoms with van der Waals surface area (Å²) in [6, 6.07) is 8.86. The van der Waals surface area contributed by atoms with E-state index in [4.69, 9.17) is 4.74 Å². The summed E-state index contributed by atoms with van der Waals surface area (Å²) >= 11 is 0. The topological polar surface area (TPSA) is 55.4 Å². The van der Waals surface area contributed by atoms with Crippen LogP contribution in [0.3, 0.4) is 0 Å². The summed E-state index contributed by atoms with van der Waals surface area (Å²) in [7, 11) is 1.16. The minimum Gasteiger partial charge on any atom is -0.467 e. The number of rotatable bonds is 5. The largest absolute Gasteiger partial charge is 0.467 e. The molecule has 0 spiro atoms. The minimum atomic E-state index is -4.68. The van der Waals surface area contributed by atoms with Crippen molar-refractivity contribution in [2.24, 2.45) is 0 Å². The van der Waals surface area contributed by atoms with Crippen LogP contribution in [0.4, 0.5) is 13.2 Å². The number of hydrogen-bond donors (Lipinski definition) is 1. The van der Waals surface area contributed by atoms with Crippen LogP contribution in [0.1, 0.15) is 32.6 Å². The van der Waals surface area contributed by atoms with Crippen LogP contribution < -0.4 is 5.32 Å². The van der Waals surface area contributed by atoms with Gasteiger partial charge in [-0.25, -0.2) is 4.79 Å². The Morgan fingerprint density at radius 3 is 2.33 bits per heavy atom. The van der Waals surface area contributed by atoms with Crippen LogP contribution >= 0.6 is 0 Å². The van der Waals surface area contributed by atoms with E-state index in [1.165, 1.54) is 12.1 Å². The lowest BCUT2D eigenvalue weighted by molar-refractivity contribution is -0.142. The average molecular weight is 379 g/mol. The number of nitrogens with one attached hydrogen (secondary N) is 1. The van der Waals surface area contributed by atoms with Crippen LogP contribution in [0.25, 0.3) is 0 Å². The van der Waals surface area contributed by atoms with E-state index in [1.807, 2.05) is 26.0 Å². The van der Waals surface area contributed by atoms with Gasteiger partial charge in [0.25, 0.3) is 5.91 Å². The molecule has 2 aromatic rings. The second kappa shape index (κ2) is 8.24. The van der Waals surface area contributed by atoms with E-state index in [2.05, 4.69) is 5.32 Å². The summed E-state index contributed by atoms with van der Waals surface area (Å²) in [4.78, 5) is 24.5. The fourth-order valence-electron chi connectivity index (χ4n) is 2.67. The molecule has 27 heavy (non-hydrogen) atoms. The fourth-order valence-corrected chi connectivity index (χ4v) is 2.67. The predicted octanol–water partition coefficient (Wildman–Crippen LogP) is 3.84. The van der Waals surface area contributed by atoms with Gasteiger partial charge in [0.1, 0.15) is 6.04 Å². The molecule has 2 rings (SSSR count). The summed E-state index contributed by atoms with van der Waals surface area (Å²) in [6.45, 7) is 3.84. The summed E-state index contributed by atoms with van der Waals surface area (Å²) in [5.41, 5.74) is 1.23. The molecule has 0 bridgehead atoms. The van der Waals surface area contributed by atoms with Crippen LogP contribution in [0.5, 0.6) is 0 Å². The van der Waals surface area contributed by atoms with Gasteiger partial charge in [-0.3, -0.25) is 4.79 Å². The van der Waals surface area contributed by atoms with E-state index in [9.17, 15) is 22.8 Å². The van der Waals surface area contributed by atoms with Crippen molar-refractivity contribution in [1.29, 1.82) is 0 Å². The zero-order valence-electron chi connectivity index (χ0n) is 15.2. The Hall–Kier alpha value is -2.83. The van der Waals surface area contributed by atoms with Crippen LogP contribution in [0, 0.1) is 13.8 Å². The number of halogens is 3. The summed E-state index contributed by atoms with van der Waals surface area (Å²) in [6.07, 6.45) is -4.57. The lowest BCUT2D eigenvalue weighted by Crippen LogP contribution is -2.43. The second-order valence-electron chi connectivity index (χ2n) is 6.22. The number of esters is 1. The number of carbonyl (C=O) groups is 2. The van der Waals surface area contributed by atoms with Gasteiger partial charge in [0.2, 0.25) is 0 Å². The number of methoxy groups -OCH3 is 1. The van der Waals surface area contributed by atoms with Gasteiger partial charge in [0, 0.05) is 6.42 Å². The monoisotopic (exact) mass is 379 g/mol. The molecule has 1 amide bonds. The maximum absolute atomic E-state index is 13.1. The molecule has 0 radical (unpaired) electrons. The van der Waals surface area contributed by atoms with Gasteiger partial charge in [-0.2, -0.15) is 13.2 Å². The molecule has 0 unspecified atom stereocenters. The highest BCUT2D eigenvalue weighted by Gasteiger charge is 2.35. The first-order valence-corrected chi connectivity index (χ1v) is 8.24. The van der Waals surface area contributed by atoms with Crippen LogP contribution in [-0.4, -0.2) is 25.0 Å². The molecule has 1 atom stereocenters. The smallest absolute Gasteiger partial charge is 0.417 e. The van der Waals surface area contributed by atoms with Crippen molar-refractivity contribution in [3.63, 3.8) is 0 Å². The third-order valence-electron chi connectivity index (χ3n) is 4.28. The Morgan fingerprint density at radius 2 is 1.74 bits per heavy atom. The van der Waals surface area contributed by atoms with E-state index in [-0.39, 0.29) is 6.42 Å². The minimum absolute atomic E-state index is 0.105. The van der Waals surface area contributed by atoms with E-state index in [0.29, 0.717) is 0 Å². The number of aryl methyl sites for hydroxylation is 2. The zero-order chi connectivity index (χ0) is 20.2. The van der Waals surface area contributed by atoms with E-state index in [0.717, 1.165) is 35.9 Å². The normalized spacial score (nSPS) is 12.4. The number of alkyl halides is 3. The van der Waals surface area contributed by atoms with Crippen molar-refractivity contribution in [2.75, 3.05) is 7.11 Å². The Labute approximate surface area is 155 Å². The Balaban J connectivity index is 2.28. The fraction of sp³-hybridized carbons (Fsp3) is 0.300. The third-order valence-corrected chi connectivity index (χ3v) is 4.28. The Kier molecular flexibility index (Phi) is 6.25. The molecule has 7 heteroatoms. The van der Waals surface area contributed by atoms with Gasteiger partial charge < -0.3 is 10.1 Å². The average Bonchev–Trinajstić information content (AvgIpc) is 2.62. The molecule has 0 aliphatic rings. The molecular weight excluding hydrogens is 359 g/mol. The number of amides is 1. The molecule has 0 fully saturated rings. The van der Waals surface area contributed by atoms with E-state index < -0.39 is 35.2 Å². The first kappa shape index (κ1) is 20.5. The van der Waals surface area contributed by atoms with Crippen LogP contribution in [0.2, 0.25) is 0 Å². The number of ether oxygens (including phenoxy) is 1. The van der Waals surface area contributed by atoms with Crippen LogP contribution in [0.15, 0.2) is 42.5 Å². The van der Waals surface area contributed by atoms with Gasteiger partial charge >= 0.3 is 12.1 Å². The first-order valence-electron chi connectivity index (χ1n) is 8.24. The molecular formula is C20H20F3NO3. The van der Waals surface area contributed by atoms with Crippen molar-refractivity contribution in [3.8, 4) is 0 Å². The lowest BCUT2D eigenvalue weighted by atomic mass is 10.00. The van der Waals surface area contributed by atoms with Crippen molar-refractivity contribution in [3.05, 3.63) is 70.3 Å². The Bertz CT molecular complexity index is 847. The number of hydrogen-bond acceptors (Lipinski definition) is 3. The molecule has 4 nitrogen and oxygen atoms in total. The molecule has 0 saturated heterocycles. The quantitative estimate of drug-likeness (QED) is 0.804. The zero-order valence-corrected chi connectivity index (χ0v) is 15.2. The summed E-state index contributed by atoms with van der Waals surface area (Å²) in [5.74, 6) is -1.71. The van der Waals surface area contributed by atoms with Crippen LogP contribution in [-0.2, 0) is 22.1 Å². The molecule has 144 valence electrons. The van der Waals surface area contributed by atoms with Crippen molar-refractivity contribution < 1.29 is 27.5 Å². The molecule has 0 aliphatic carbocycles. The second-order valence-corrected chi connectivity index (χ2v) is 6.22. The molecule has 2 aromatic carbocycles. The maximum atomic E-state index is 13.1. The SMILES string of the molecule is COC(=O)[C@@H](Cc1ccc(C)c(C)c1)NC(=O)c1ccccc1C(F)(F)F. The maximum Gasteiger partial charge on any atom is 0.417 e. The van der Waals surface area contributed by atoms with Gasteiger partial charge in [0.15, 0.2) is 0 Å². The summed E-state index contributed by atoms with van der Waals surface area (Å²) < 4.78 is 44.1.